The van der Waals surface area contributed by atoms with E-state index in [9.17, 15) is 22.8 Å². The number of rotatable bonds is 10. The van der Waals surface area contributed by atoms with Crippen molar-refractivity contribution in [1.82, 2.24) is 3.97 Å². The van der Waals surface area contributed by atoms with Gasteiger partial charge in [-0.15, -0.1) is 0 Å². The van der Waals surface area contributed by atoms with Crippen molar-refractivity contribution in [2.45, 2.75) is 32.1 Å². The van der Waals surface area contributed by atoms with Gasteiger partial charge in [0.05, 0.1) is 10.4 Å². The molecule has 3 aromatic rings. The number of hydrogen-bond donors (Lipinski definition) is 0. The van der Waals surface area contributed by atoms with Crippen LogP contribution in [0.2, 0.25) is 0 Å². The van der Waals surface area contributed by atoms with Crippen LogP contribution in [0.5, 0.6) is 0 Å². The maximum absolute atomic E-state index is 13.4. The Hall–Kier alpha value is -3.72. The highest BCUT2D eigenvalue weighted by atomic mass is 32.2. The topological polar surface area (TPSA) is 109 Å². The maximum atomic E-state index is 13.4. The van der Waals surface area contributed by atoms with Gasteiger partial charge in [-0.3, -0.25) is 9.59 Å². The number of ether oxygens (including phenoxy) is 2. The molecule has 0 unspecified atom stereocenters. The molecule has 2 aromatic carbocycles. The average Bonchev–Trinajstić information content (AvgIpc) is 3.19. The second kappa shape index (κ2) is 11.1. The Balaban J connectivity index is 2.08. The second-order valence-corrected chi connectivity index (χ2v) is 9.92. The number of fused-ring (bicyclic) bond motifs is 1. The van der Waals surface area contributed by atoms with Gasteiger partial charge in [0.25, 0.3) is 10.0 Å². The highest BCUT2D eigenvalue weighted by Crippen LogP contribution is 2.30. The fourth-order valence-corrected chi connectivity index (χ4v) is 5.00. The van der Waals surface area contributed by atoms with E-state index in [-0.39, 0.29) is 24.5 Å². The summed E-state index contributed by atoms with van der Waals surface area (Å²) in [5.41, 5.74) is 2.60. The van der Waals surface area contributed by atoms with Crippen molar-refractivity contribution >= 4 is 45.2 Å². The minimum Gasteiger partial charge on any atom is -0.465 e. The monoisotopic (exact) mass is 497 g/mol. The Morgan fingerprint density at radius 1 is 1.00 bits per heavy atom. The molecule has 0 saturated heterocycles. The van der Waals surface area contributed by atoms with Crippen molar-refractivity contribution in [3.8, 4) is 0 Å². The average molecular weight is 498 g/mol. The van der Waals surface area contributed by atoms with Gasteiger partial charge in [0, 0.05) is 37.8 Å². The van der Waals surface area contributed by atoms with Crippen LogP contribution in [-0.2, 0) is 40.3 Å². The Kier molecular flexibility index (Phi) is 8.24. The zero-order chi connectivity index (χ0) is 25.6. The lowest BCUT2D eigenvalue weighted by Gasteiger charge is -2.13. The molecule has 0 amide bonds. The van der Waals surface area contributed by atoms with Gasteiger partial charge in [0.15, 0.2) is 0 Å². The zero-order valence-electron chi connectivity index (χ0n) is 19.8. The van der Waals surface area contributed by atoms with E-state index in [4.69, 9.17) is 9.47 Å². The van der Waals surface area contributed by atoms with Crippen molar-refractivity contribution in [2.24, 2.45) is 5.92 Å². The van der Waals surface area contributed by atoms with E-state index >= 15 is 0 Å². The SMILES string of the molecule is CC(=O)OCC(/C=C/c1cccc2c1c(CC=O)cn2S(=O)(=O)c1ccc(C)cc1)COC(C)=O. The van der Waals surface area contributed by atoms with Crippen molar-refractivity contribution < 1.29 is 32.3 Å². The summed E-state index contributed by atoms with van der Waals surface area (Å²) in [6.07, 6.45) is 5.71. The molecule has 0 fully saturated rings. The first-order chi connectivity index (χ1) is 16.6. The predicted molar refractivity (Wildman–Crippen MR) is 131 cm³/mol. The number of carbonyl (C=O) groups is 3. The van der Waals surface area contributed by atoms with Crippen LogP contribution >= 0.6 is 0 Å². The van der Waals surface area contributed by atoms with Gasteiger partial charge in [-0.25, -0.2) is 12.4 Å². The fraction of sp³-hybridized carbons (Fsp3) is 0.269. The molecule has 0 aliphatic rings. The summed E-state index contributed by atoms with van der Waals surface area (Å²) in [6, 6.07) is 11.8. The third-order valence-corrected chi connectivity index (χ3v) is 7.02. The van der Waals surface area contributed by atoms with Gasteiger partial charge in [0.2, 0.25) is 0 Å². The molecule has 0 aliphatic carbocycles. The van der Waals surface area contributed by atoms with Crippen LogP contribution in [0.25, 0.3) is 17.0 Å². The first-order valence-corrected chi connectivity index (χ1v) is 12.4. The van der Waals surface area contributed by atoms with Crippen molar-refractivity contribution in [3.63, 3.8) is 0 Å². The molecule has 35 heavy (non-hydrogen) atoms. The van der Waals surface area contributed by atoms with E-state index in [2.05, 4.69) is 0 Å². The normalized spacial score (nSPS) is 11.8. The maximum Gasteiger partial charge on any atom is 0.302 e. The Morgan fingerprint density at radius 2 is 1.63 bits per heavy atom. The number of nitrogens with zero attached hydrogens (tertiary/aromatic N) is 1. The predicted octanol–water partition coefficient (Wildman–Crippen LogP) is 3.68. The summed E-state index contributed by atoms with van der Waals surface area (Å²) in [5, 5.41) is 0.616. The summed E-state index contributed by atoms with van der Waals surface area (Å²) in [4.78, 5) is 34.0. The summed E-state index contributed by atoms with van der Waals surface area (Å²) in [5.74, 6) is -1.33. The van der Waals surface area contributed by atoms with Crippen LogP contribution in [-0.4, -0.2) is 43.8 Å². The lowest BCUT2D eigenvalue weighted by Crippen LogP contribution is -2.17. The quantitative estimate of drug-likeness (QED) is 0.310. The van der Waals surface area contributed by atoms with Gasteiger partial charge in [-0.05, 0) is 36.2 Å². The van der Waals surface area contributed by atoms with E-state index in [1.165, 1.54) is 24.0 Å². The van der Waals surface area contributed by atoms with E-state index in [0.717, 1.165) is 11.8 Å². The van der Waals surface area contributed by atoms with E-state index < -0.39 is 27.9 Å². The fourth-order valence-electron chi connectivity index (χ4n) is 3.62. The molecule has 9 heteroatoms. The van der Waals surface area contributed by atoms with E-state index in [0.29, 0.717) is 22.0 Å². The highest BCUT2D eigenvalue weighted by Gasteiger charge is 2.22. The molecule has 0 atom stereocenters. The molecule has 3 rings (SSSR count). The molecular weight excluding hydrogens is 470 g/mol. The number of aryl methyl sites for hydroxylation is 1. The van der Waals surface area contributed by atoms with Crippen molar-refractivity contribution in [1.29, 1.82) is 0 Å². The molecule has 184 valence electrons. The van der Waals surface area contributed by atoms with Crippen LogP contribution in [0.3, 0.4) is 0 Å². The Labute approximate surface area is 204 Å². The molecule has 0 saturated carbocycles. The summed E-state index contributed by atoms with van der Waals surface area (Å²) in [6.45, 7) is 4.48. The number of benzene rings is 2. The molecule has 0 N–H and O–H groups in total. The van der Waals surface area contributed by atoms with Crippen LogP contribution in [0, 0.1) is 12.8 Å². The van der Waals surface area contributed by atoms with Gasteiger partial charge in [0.1, 0.15) is 19.5 Å². The number of aromatic nitrogens is 1. The van der Waals surface area contributed by atoms with Crippen molar-refractivity contribution in [2.75, 3.05) is 13.2 Å². The van der Waals surface area contributed by atoms with Gasteiger partial charge in [-0.1, -0.05) is 42.0 Å². The molecule has 1 heterocycles. The summed E-state index contributed by atoms with van der Waals surface area (Å²) in [7, 11) is -3.90. The molecule has 0 radical (unpaired) electrons. The summed E-state index contributed by atoms with van der Waals surface area (Å²) < 4.78 is 38.2. The highest BCUT2D eigenvalue weighted by molar-refractivity contribution is 7.90. The van der Waals surface area contributed by atoms with Crippen LogP contribution < -0.4 is 0 Å². The Bertz CT molecular complexity index is 1350. The number of hydrogen-bond acceptors (Lipinski definition) is 7. The summed E-state index contributed by atoms with van der Waals surface area (Å²) >= 11 is 0. The number of aldehydes is 1. The van der Waals surface area contributed by atoms with Crippen LogP contribution in [0.4, 0.5) is 0 Å². The van der Waals surface area contributed by atoms with E-state index in [1.54, 1.807) is 54.6 Å². The van der Waals surface area contributed by atoms with Gasteiger partial charge in [-0.2, -0.15) is 0 Å². The molecule has 8 nitrogen and oxygen atoms in total. The third-order valence-electron chi connectivity index (χ3n) is 5.34. The minimum atomic E-state index is -3.90. The lowest BCUT2D eigenvalue weighted by molar-refractivity contribution is -0.145. The minimum absolute atomic E-state index is 0.0130. The van der Waals surface area contributed by atoms with Crippen LogP contribution in [0.1, 0.15) is 30.5 Å². The van der Waals surface area contributed by atoms with Crippen molar-refractivity contribution in [3.05, 3.63) is 71.4 Å². The zero-order valence-corrected chi connectivity index (χ0v) is 20.6. The third kappa shape index (κ3) is 6.24. The van der Waals surface area contributed by atoms with Gasteiger partial charge >= 0.3 is 11.9 Å². The Morgan fingerprint density at radius 3 is 2.20 bits per heavy atom. The first-order valence-electron chi connectivity index (χ1n) is 11.0. The smallest absolute Gasteiger partial charge is 0.302 e. The first kappa shape index (κ1) is 25.9. The second-order valence-electron chi connectivity index (χ2n) is 8.10. The number of esters is 2. The molecule has 0 bridgehead atoms. The number of carbonyl (C=O) groups excluding carboxylic acids is 3. The molecule has 0 spiro atoms. The van der Waals surface area contributed by atoms with E-state index in [1.807, 2.05) is 6.92 Å². The lowest BCUT2D eigenvalue weighted by atomic mass is 10.0. The van der Waals surface area contributed by atoms with Crippen LogP contribution in [0.15, 0.2) is 59.6 Å². The molecule has 0 aliphatic heterocycles. The standard InChI is InChI=1S/C26H27NO7S/c1-18-7-11-24(12-8-18)35(31,32)27-15-23(13-14-28)26-22(5-4-6-25(26)27)10-9-21(16-33-19(2)29)17-34-20(3)30/h4-12,14-15,21H,13,16-17H2,1-3H3/b10-9+. The molecule has 1 aromatic heterocycles. The molecular formula is C26H27NO7S. The van der Waals surface area contributed by atoms with Gasteiger partial charge < -0.3 is 14.3 Å². The largest absolute Gasteiger partial charge is 0.465 e.